The molecule has 6 rings (SSSR count). The van der Waals surface area contributed by atoms with Crippen molar-refractivity contribution in [2.45, 2.75) is 142 Å². The zero-order chi connectivity index (χ0) is 30.7. The molecule has 1 aliphatic heterocycles. The van der Waals surface area contributed by atoms with Gasteiger partial charge in [0.15, 0.2) is 0 Å². The van der Waals surface area contributed by atoms with Crippen molar-refractivity contribution >= 4 is 5.91 Å². The van der Waals surface area contributed by atoms with E-state index in [4.69, 9.17) is 0 Å². The van der Waals surface area contributed by atoms with E-state index in [-0.39, 0.29) is 35.1 Å². The highest BCUT2D eigenvalue weighted by Gasteiger charge is 2.65. The number of aliphatic hydroxyl groups is 3. The van der Waals surface area contributed by atoms with Gasteiger partial charge in [-0.15, -0.1) is 0 Å². The number of carbonyl (C=O) groups is 1. The molecule has 0 aromatic rings. The van der Waals surface area contributed by atoms with Crippen LogP contribution in [0.4, 0.5) is 0 Å². The third-order valence-electron chi connectivity index (χ3n) is 15.2. The fourth-order valence-electron chi connectivity index (χ4n) is 12.3. The maximum absolute atomic E-state index is 13.4. The molecule has 5 aliphatic carbocycles. The molecular weight excluding hydrogens is 536 g/mol. The van der Waals surface area contributed by atoms with Gasteiger partial charge in [0.1, 0.15) is 0 Å². The Kier molecular flexibility index (Phi) is 9.37. The first-order chi connectivity index (χ1) is 20.4. The van der Waals surface area contributed by atoms with E-state index < -0.39 is 0 Å². The maximum atomic E-state index is 13.4. The molecule has 1 heterocycles. The normalized spacial score (nSPS) is 48.0. The number of hydrogen-bond donors (Lipinski definition) is 3. The van der Waals surface area contributed by atoms with Crippen molar-refractivity contribution < 1.29 is 20.1 Å². The van der Waals surface area contributed by atoms with E-state index in [9.17, 15) is 20.1 Å². The molecule has 0 spiro atoms. The lowest BCUT2D eigenvalue weighted by atomic mass is 9.43. The number of piperazine rings is 1. The lowest BCUT2D eigenvalue weighted by molar-refractivity contribution is -0.207. The van der Waals surface area contributed by atoms with Crippen LogP contribution in [0.5, 0.6) is 0 Å². The Morgan fingerprint density at radius 2 is 1.53 bits per heavy atom. The molecule has 0 aromatic carbocycles. The SMILES string of the molecule is CC(C)C1CCC(N2CCN(C(=O)CC[C@@H](C)[C@H]3CC[C@H]4[C@@H]5[C@H](O)C[C@@H]6C[C@H](O)CC[C@]6(C)[C@H]5C[C@H](O)[C@]34C)CC2)CC1. The molecule has 3 N–H and O–H groups in total. The topological polar surface area (TPSA) is 84.2 Å². The Hall–Kier alpha value is -0.690. The van der Waals surface area contributed by atoms with Crippen molar-refractivity contribution in [3.63, 3.8) is 0 Å². The van der Waals surface area contributed by atoms with Crippen LogP contribution in [0.2, 0.25) is 0 Å². The van der Waals surface area contributed by atoms with Gasteiger partial charge < -0.3 is 20.2 Å². The number of fused-ring (bicyclic) bond motifs is 5. The second-order valence-corrected chi connectivity index (χ2v) is 17.3. The Balaban J connectivity index is 1.02. The molecule has 6 aliphatic rings. The molecule has 0 unspecified atom stereocenters. The number of nitrogens with zero attached hydrogens (tertiary/aromatic N) is 2. The van der Waals surface area contributed by atoms with Gasteiger partial charge in [-0.2, -0.15) is 0 Å². The van der Waals surface area contributed by atoms with Crippen LogP contribution in [-0.2, 0) is 4.79 Å². The van der Waals surface area contributed by atoms with Crippen LogP contribution in [0, 0.1) is 58.2 Å². The lowest BCUT2D eigenvalue weighted by Gasteiger charge is -2.63. The molecular formula is C37H64N2O4. The summed E-state index contributed by atoms with van der Waals surface area (Å²) in [5.74, 6) is 4.07. The maximum Gasteiger partial charge on any atom is 0.222 e. The molecule has 246 valence electrons. The molecule has 6 fully saturated rings. The fourth-order valence-corrected chi connectivity index (χ4v) is 12.3. The zero-order valence-corrected chi connectivity index (χ0v) is 28.1. The Morgan fingerprint density at radius 3 is 2.21 bits per heavy atom. The van der Waals surface area contributed by atoms with Crippen LogP contribution >= 0.6 is 0 Å². The van der Waals surface area contributed by atoms with E-state index in [0.29, 0.717) is 48.0 Å². The van der Waals surface area contributed by atoms with Crippen molar-refractivity contribution in [1.82, 2.24) is 9.80 Å². The Morgan fingerprint density at radius 1 is 0.837 bits per heavy atom. The number of amides is 1. The molecule has 6 nitrogen and oxygen atoms in total. The second kappa shape index (κ2) is 12.5. The van der Waals surface area contributed by atoms with Gasteiger partial charge in [-0.1, -0.05) is 34.6 Å². The lowest BCUT2D eigenvalue weighted by Crippen LogP contribution is -2.62. The molecule has 1 saturated heterocycles. The van der Waals surface area contributed by atoms with Crippen LogP contribution in [0.15, 0.2) is 0 Å². The average molecular weight is 601 g/mol. The van der Waals surface area contributed by atoms with Gasteiger partial charge in [-0.3, -0.25) is 9.69 Å². The summed E-state index contributed by atoms with van der Waals surface area (Å²) in [7, 11) is 0. The van der Waals surface area contributed by atoms with E-state index in [1.165, 1.54) is 25.7 Å². The number of aliphatic hydroxyl groups excluding tert-OH is 3. The summed E-state index contributed by atoms with van der Waals surface area (Å²) in [5, 5.41) is 33.8. The molecule has 6 heteroatoms. The van der Waals surface area contributed by atoms with Gasteiger partial charge in [-0.25, -0.2) is 0 Å². The van der Waals surface area contributed by atoms with Gasteiger partial charge >= 0.3 is 0 Å². The van der Waals surface area contributed by atoms with Crippen LogP contribution in [0.3, 0.4) is 0 Å². The fraction of sp³-hybridized carbons (Fsp3) is 0.973. The van der Waals surface area contributed by atoms with Crippen LogP contribution in [-0.4, -0.2) is 81.6 Å². The van der Waals surface area contributed by atoms with Gasteiger partial charge in [0, 0.05) is 38.6 Å². The molecule has 0 aromatic heterocycles. The van der Waals surface area contributed by atoms with Gasteiger partial charge in [-0.05, 0) is 135 Å². The van der Waals surface area contributed by atoms with Crippen LogP contribution in [0.1, 0.15) is 118 Å². The summed E-state index contributed by atoms with van der Waals surface area (Å²) in [5.41, 5.74) is -0.0821. The minimum Gasteiger partial charge on any atom is -0.393 e. The molecule has 0 bridgehead atoms. The predicted octanol–water partition coefficient (Wildman–Crippen LogP) is 5.72. The quantitative estimate of drug-likeness (QED) is 0.363. The third-order valence-corrected chi connectivity index (χ3v) is 15.2. The summed E-state index contributed by atoms with van der Waals surface area (Å²) in [6.07, 6.45) is 12.4. The van der Waals surface area contributed by atoms with Gasteiger partial charge in [0.05, 0.1) is 18.3 Å². The minimum absolute atomic E-state index is 0.110. The van der Waals surface area contributed by atoms with Crippen molar-refractivity contribution in [3.8, 4) is 0 Å². The first kappa shape index (κ1) is 32.3. The van der Waals surface area contributed by atoms with E-state index in [2.05, 4.69) is 44.4 Å². The Bertz CT molecular complexity index is 974. The summed E-state index contributed by atoms with van der Waals surface area (Å²) in [6.45, 7) is 15.6. The summed E-state index contributed by atoms with van der Waals surface area (Å²) >= 11 is 0. The van der Waals surface area contributed by atoms with Crippen molar-refractivity contribution in [3.05, 3.63) is 0 Å². The molecule has 11 atom stereocenters. The summed E-state index contributed by atoms with van der Waals surface area (Å²) in [4.78, 5) is 18.2. The second-order valence-electron chi connectivity index (χ2n) is 17.3. The van der Waals surface area contributed by atoms with Crippen LogP contribution in [0.25, 0.3) is 0 Å². The monoisotopic (exact) mass is 600 g/mol. The van der Waals surface area contributed by atoms with E-state index in [1.807, 2.05) is 0 Å². The first-order valence-electron chi connectivity index (χ1n) is 18.5. The van der Waals surface area contributed by atoms with Crippen LogP contribution < -0.4 is 0 Å². The third kappa shape index (κ3) is 5.76. The standard InChI is InChI=1S/C37H64N2O4/c1-23(2)25-7-9-27(10-8-25)38-16-18-39(19-17-38)34(43)13-6-24(3)29-11-12-30-35-31(22-33(42)37(29,30)5)36(4)15-14-28(40)20-26(36)21-32(35)41/h23-33,35,40-42H,6-22H2,1-5H3/t24-,25?,26+,27?,28-,29-,30+,31+,32-,33+,35+,36+,37-/m1/s1. The van der Waals surface area contributed by atoms with Gasteiger partial charge in [0.25, 0.3) is 0 Å². The number of carbonyl (C=O) groups excluding carboxylic acids is 1. The smallest absolute Gasteiger partial charge is 0.222 e. The van der Waals surface area contributed by atoms with Crippen molar-refractivity contribution in [1.29, 1.82) is 0 Å². The molecule has 5 saturated carbocycles. The zero-order valence-electron chi connectivity index (χ0n) is 28.1. The van der Waals surface area contributed by atoms with E-state index in [0.717, 1.165) is 89.4 Å². The molecule has 0 radical (unpaired) electrons. The highest BCUT2D eigenvalue weighted by atomic mass is 16.3. The minimum atomic E-state index is -0.359. The number of rotatable bonds is 6. The van der Waals surface area contributed by atoms with E-state index in [1.54, 1.807) is 0 Å². The highest BCUT2D eigenvalue weighted by Crippen LogP contribution is 2.68. The Labute approximate surface area is 262 Å². The van der Waals surface area contributed by atoms with Gasteiger partial charge in [0.2, 0.25) is 5.91 Å². The number of hydrogen-bond acceptors (Lipinski definition) is 5. The van der Waals surface area contributed by atoms with Crippen molar-refractivity contribution in [2.75, 3.05) is 26.2 Å². The van der Waals surface area contributed by atoms with Crippen molar-refractivity contribution in [2.24, 2.45) is 58.2 Å². The average Bonchev–Trinajstić information content (AvgIpc) is 3.35. The largest absolute Gasteiger partial charge is 0.393 e. The first-order valence-corrected chi connectivity index (χ1v) is 18.5. The molecule has 43 heavy (non-hydrogen) atoms. The summed E-state index contributed by atoms with van der Waals surface area (Å²) < 4.78 is 0. The predicted molar refractivity (Wildman–Crippen MR) is 171 cm³/mol. The highest BCUT2D eigenvalue weighted by molar-refractivity contribution is 5.76. The molecule has 1 amide bonds. The van der Waals surface area contributed by atoms with E-state index >= 15 is 0 Å². The summed E-state index contributed by atoms with van der Waals surface area (Å²) in [6, 6.07) is 0.714.